The lowest BCUT2D eigenvalue weighted by Gasteiger charge is -2.44. The van der Waals surface area contributed by atoms with Crippen molar-refractivity contribution in [3.8, 4) is 11.1 Å². The van der Waals surface area contributed by atoms with Crippen molar-refractivity contribution in [3.05, 3.63) is 89.0 Å². The van der Waals surface area contributed by atoms with Gasteiger partial charge in [0.15, 0.2) is 0 Å². The zero-order valence-electron chi connectivity index (χ0n) is 17.8. The molecule has 1 aliphatic heterocycles. The number of aryl methyl sites for hydroxylation is 1. The van der Waals surface area contributed by atoms with E-state index in [-0.39, 0.29) is 5.91 Å². The standard InChI is InChI=1S/C25H25N3O3/c1-16-8-7-11-20-22(16)26-25(2,3)28(24(20)30)15-17-12-13-19(23(29)27-31)21(14-17)18-9-5-4-6-10-18/h4-14,26,31H,15H2,1-3H3,(H,27,29). The lowest BCUT2D eigenvalue weighted by molar-refractivity contribution is 0.0551. The molecule has 0 bridgehead atoms. The lowest BCUT2D eigenvalue weighted by atomic mass is 9.95. The molecule has 1 heterocycles. The Bertz CT molecular complexity index is 1160. The van der Waals surface area contributed by atoms with Gasteiger partial charge >= 0.3 is 0 Å². The first-order valence-electron chi connectivity index (χ1n) is 10.1. The van der Waals surface area contributed by atoms with Crippen molar-refractivity contribution in [1.82, 2.24) is 10.4 Å². The van der Waals surface area contributed by atoms with Gasteiger partial charge in [-0.25, -0.2) is 5.48 Å². The largest absolute Gasteiger partial charge is 0.362 e. The third kappa shape index (κ3) is 3.78. The second-order valence-electron chi connectivity index (χ2n) is 8.26. The Morgan fingerprint density at radius 2 is 1.77 bits per heavy atom. The second-order valence-corrected chi connectivity index (χ2v) is 8.26. The minimum absolute atomic E-state index is 0.0408. The highest BCUT2D eigenvalue weighted by Crippen LogP contribution is 2.35. The maximum absolute atomic E-state index is 13.4. The number of nitrogens with zero attached hydrogens (tertiary/aromatic N) is 1. The van der Waals surface area contributed by atoms with Crippen molar-refractivity contribution in [2.75, 3.05) is 5.32 Å². The Hall–Kier alpha value is -3.64. The van der Waals surface area contributed by atoms with E-state index in [0.717, 1.165) is 22.4 Å². The molecule has 0 radical (unpaired) electrons. The molecule has 0 saturated heterocycles. The Morgan fingerprint density at radius 3 is 2.48 bits per heavy atom. The van der Waals surface area contributed by atoms with E-state index < -0.39 is 11.6 Å². The average molecular weight is 415 g/mol. The van der Waals surface area contributed by atoms with Gasteiger partial charge in [0, 0.05) is 12.1 Å². The monoisotopic (exact) mass is 415 g/mol. The van der Waals surface area contributed by atoms with Crippen LogP contribution in [-0.2, 0) is 6.54 Å². The number of nitrogens with one attached hydrogen (secondary N) is 2. The number of para-hydroxylation sites is 1. The molecule has 0 atom stereocenters. The van der Waals surface area contributed by atoms with Crippen molar-refractivity contribution in [2.45, 2.75) is 33.0 Å². The molecule has 0 unspecified atom stereocenters. The quantitative estimate of drug-likeness (QED) is 0.430. The van der Waals surface area contributed by atoms with Crippen LogP contribution in [0.2, 0.25) is 0 Å². The van der Waals surface area contributed by atoms with Crippen LogP contribution in [0.5, 0.6) is 0 Å². The van der Waals surface area contributed by atoms with Crippen LogP contribution in [0.25, 0.3) is 11.1 Å². The first kappa shape index (κ1) is 20.6. The van der Waals surface area contributed by atoms with E-state index in [4.69, 9.17) is 5.21 Å². The Morgan fingerprint density at radius 1 is 1.03 bits per heavy atom. The van der Waals surface area contributed by atoms with E-state index in [0.29, 0.717) is 23.2 Å². The van der Waals surface area contributed by atoms with Gasteiger partial charge < -0.3 is 10.2 Å². The van der Waals surface area contributed by atoms with Gasteiger partial charge in [-0.05, 0) is 61.2 Å². The summed E-state index contributed by atoms with van der Waals surface area (Å²) in [6, 6.07) is 20.6. The maximum atomic E-state index is 13.4. The molecule has 3 aromatic rings. The van der Waals surface area contributed by atoms with Gasteiger partial charge in [-0.3, -0.25) is 14.8 Å². The van der Waals surface area contributed by atoms with Crippen LogP contribution in [0.15, 0.2) is 66.7 Å². The zero-order chi connectivity index (χ0) is 22.2. The fourth-order valence-corrected chi connectivity index (χ4v) is 4.04. The second kappa shape index (κ2) is 7.89. The highest BCUT2D eigenvalue weighted by Gasteiger charge is 2.38. The maximum Gasteiger partial charge on any atom is 0.275 e. The Labute approximate surface area is 181 Å². The molecule has 4 rings (SSSR count). The molecule has 0 aliphatic carbocycles. The topological polar surface area (TPSA) is 81.7 Å². The van der Waals surface area contributed by atoms with E-state index in [2.05, 4.69) is 5.32 Å². The van der Waals surface area contributed by atoms with Gasteiger partial charge in [0.1, 0.15) is 5.66 Å². The van der Waals surface area contributed by atoms with Crippen molar-refractivity contribution in [1.29, 1.82) is 0 Å². The summed E-state index contributed by atoms with van der Waals surface area (Å²) in [5, 5.41) is 12.6. The number of fused-ring (bicyclic) bond motifs is 1. The Balaban J connectivity index is 1.74. The number of carbonyl (C=O) groups is 2. The lowest BCUT2D eigenvalue weighted by Crippen LogP contribution is -2.55. The summed E-state index contributed by atoms with van der Waals surface area (Å²) in [5.74, 6) is -0.619. The fraction of sp³-hybridized carbons (Fsp3) is 0.200. The van der Waals surface area contributed by atoms with Gasteiger partial charge in [-0.2, -0.15) is 0 Å². The molecule has 0 saturated carbocycles. The third-order valence-corrected chi connectivity index (χ3v) is 5.71. The van der Waals surface area contributed by atoms with E-state index >= 15 is 0 Å². The molecule has 3 N–H and O–H groups in total. The first-order valence-corrected chi connectivity index (χ1v) is 10.1. The van der Waals surface area contributed by atoms with Crippen LogP contribution in [0.4, 0.5) is 5.69 Å². The number of carbonyl (C=O) groups excluding carboxylic acids is 2. The number of amides is 2. The third-order valence-electron chi connectivity index (χ3n) is 5.71. The fourth-order valence-electron chi connectivity index (χ4n) is 4.04. The normalized spacial score (nSPS) is 14.6. The molecule has 6 nitrogen and oxygen atoms in total. The molecular formula is C25H25N3O3. The molecule has 0 fully saturated rings. The van der Waals surface area contributed by atoms with E-state index in [1.807, 2.05) is 81.4 Å². The van der Waals surface area contributed by atoms with Crippen LogP contribution in [0, 0.1) is 6.92 Å². The number of hydroxylamine groups is 1. The molecule has 0 spiro atoms. The van der Waals surface area contributed by atoms with Gasteiger partial charge in [0.25, 0.3) is 11.8 Å². The number of hydrogen-bond acceptors (Lipinski definition) is 4. The van der Waals surface area contributed by atoms with Gasteiger partial charge in [0.2, 0.25) is 0 Å². The molecule has 0 aromatic heterocycles. The predicted molar refractivity (Wildman–Crippen MR) is 120 cm³/mol. The van der Waals surface area contributed by atoms with E-state index in [1.54, 1.807) is 16.4 Å². The minimum Gasteiger partial charge on any atom is -0.362 e. The summed E-state index contributed by atoms with van der Waals surface area (Å²) >= 11 is 0. The van der Waals surface area contributed by atoms with Crippen molar-refractivity contribution in [2.24, 2.45) is 0 Å². The van der Waals surface area contributed by atoms with E-state index in [1.165, 1.54) is 0 Å². The highest BCUT2D eigenvalue weighted by atomic mass is 16.5. The van der Waals surface area contributed by atoms with Crippen molar-refractivity contribution >= 4 is 17.5 Å². The van der Waals surface area contributed by atoms with Crippen molar-refractivity contribution in [3.63, 3.8) is 0 Å². The van der Waals surface area contributed by atoms with E-state index in [9.17, 15) is 9.59 Å². The van der Waals surface area contributed by atoms with Gasteiger partial charge in [0.05, 0.1) is 11.3 Å². The van der Waals surface area contributed by atoms with Crippen LogP contribution in [0.3, 0.4) is 0 Å². The van der Waals surface area contributed by atoms with Crippen LogP contribution in [0.1, 0.15) is 45.7 Å². The molecule has 6 heteroatoms. The van der Waals surface area contributed by atoms with Gasteiger partial charge in [-0.15, -0.1) is 0 Å². The Kier molecular flexibility index (Phi) is 5.25. The number of hydrogen-bond donors (Lipinski definition) is 3. The summed E-state index contributed by atoms with van der Waals surface area (Å²) in [7, 11) is 0. The number of anilines is 1. The zero-order valence-corrected chi connectivity index (χ0v) is 17.8. The molecule has 158 valence electrons. The first-order chi connectivity index (χ1) is 14.8. The average Bonchev–Trinajstić information content (AvgIpc) is 2.77. The highest BCUT2D eigenvalue weighted by molar-refractivity contribution is 6.03. The van der Waals surface area contributed by atoms with Gasteiger partial charge in [-0.1, -0.05) is 48.5 Å². The molecule has 31 heavy (non-hydrogen) atoms. The number of benzene rings is 3. The molecule has 1 aliphatic rings. The molecule has 3 aromatic carbocycles. The predicted octanol–water partition coefficient (Wildman–Crippen LogP) is 4.59. The summed E-state index contributed by atoms with van der Waals surface area (Å²) in [6.07, 6.45) is 0. The van der Waals surface area contributed by atoms with Crippen molar-refractivity contribution < 1.29 is 14.8 Å². The summed E-state index contributed by atoms with van der Waals surface area (Å²) in [6.45, 7) is 6.31. The van der Waals surface area contributed by atoms with Crippen LogP contribution in [-0.4, -0.2) is 27.6 Å². The summed E-state index contributed by atoms with van der Waals surface area (Å²) in [5.41, 5.74) is 6.46. The van der Waals surface area contributed by atoms with Crippen LogP contribution >= 0.6 is 0 Å². The molecular weight excluding hydrogens is 390 g/mol. The van der Waals surface area contributed by atoms with Crippen LogP contribution < -0.4 is 10.8 Å². The minimum atomic E-state index is -0.593. The summed E-state index contributed by atoms with van der Waals surface area (Å²) in [4.78, 5) is 27.3. The SMILES string of the molecule is Cc1cccc2c1NC(C)(C)N(Cc1ccc(C(=O)NO)c(-c3ccccc3)c1)C2=O. The summed E-state index contributed by atoms with van der Waals surface area (Å²) < 4.78 is 0. The number of rotatable bonds is 4. The molecule has 2 amide bonds. The smallest absolute Gasteiger partial charge is 0.275 e.